The van der Waals surface area contributed by atoms with Crippen LogP contribution >= 0.6 is 0 Å². The second-order valence-electron chi connectivity index (χ2n) is 5.54. The van der Waals surface area contributed by atoms with E-state index in [0.29, 0.717) is 16.3 Å². The molecule has 25 heavy (non-hydrogen) atoms. The summed E-state index contributed by atoms with van der Waals surface area (Å²) in [6.45, 7) is -0.0981. The number of hydrogen-bond donors (Lipinski definition) is 0. The molecule has 2 heterocycles. The lowest BCUT2D eigenvalue weighted by Gasteiger charge is -2.11. The van der Waals surface area contributed by atoms with Gasteiger partial charge in [0.15, 0.2) is 5.82 Å². The zero-order valence-corrected chi connectivity index (χ0v) is 12.8. The van der Waals surface area contributed by atoms with Crippen LogP contribution in [0.4, 0.5) is 10.1 Å². The molecule has 7 nitrogen and oxygen atoms in total. The number of hydrogen-bond acceptors (Lipinski definition) is 4. The molecule has 3 aromatic rings. The maximum absolute atomic E-state index is 14.3. The number of benzene rings is 2. The third kappa shape index (κ3) is 2.35. The van der Waals surface area contributed by atoms with Crippen LogP contribution in [0.25, 0.3) is 5.69 Å². The largest absolute Gasteiger partial charge is 0.623 e. The van der Waals surface area contributed by atoms with Crippen LogP contribution in [0.5, 0.6) is 0 Å². The Balaban J connectivity index is 2.07. The van der Waals surface area contributed by atoms with Crippen molar-refractivity contribution in [2.45, 2.75) is 6.54 Å². The van der Waals surface area contributed by atoms with Gasteiger partial charge in [-0.25, -0.2) is 9.37 Å². The highest BCUT2D eigenvalue weighted by Crippen LogP contribution is 2.28. The van der Waals surface area contributed by atoms with Crippen molar-refractivity contribution < 1.29 is 14.1 Å². The maximum Gasteiger partial charge on any atom is 0.270 e. The van der Waals surface area contributed by atoms with Gasteiger partial charge in [0.25, 0.3) is 5.69 Å². The van der Waals surface area contributed by atoms with E-state index in [-0.39, 0.29) is 29.1 Å². The summed E-state index contributed by atoms with van der Waals surface area (Å²) in [4.78, 5) is 14.8. The molecule has 0 aliphatic carbocycles. The highest BCUT2D eigenvalue weighted by atomic mass is 19.1. The zero-order valence-electron chi connectivity index (χ0n) is 12.8. The normalized spacial score (nSPS) is 13.2. The first-order chi connectivity index (χ1) is 12.1. The summed E-state index contributed by atoms with van der Waals surface area (Å²) in [5, 5.41) is 23.9. The smallest absolute Gasteiger partial charge is 0.270 e. The van der Waals surface area contributed by atoms with Crippen molar-refractivity contribution in [3.63, 3.8) is 0 Å². The fourth-order valence-electron chi connectivity index (χ4n) is 2.98. The van der Waals surface area contributed by atoms with Gasteiger partial charge in [-0.05, 0) is 18.2 Å². The molecule has 0 N–H and O–H groups in total. The van der Waals surface area contributed by atoms with E-state index < -0.39 is 10.7 Å². The van der Waals surface area contributed by atoms with Crippen LogP contribution in [-0.4, -0.2) is 24.9 Å². The van der Waals surface area contributed by atoms with Gasteiger partial charge in [0.05, 0.1) is 21.7 Å². The first kappa shape index (κ1) is 15.0. The molecular formula is C17H11FN4O3. The Kier molecular flexibility index (Phi) is 3.31. The van der Waals surface area contributed by atoms with Crippen molar-refractivity contribution in [3.8, 4) is 5.69 Å². The van der Waals surface area contributed by atoms with Gasteiger partial charge in [-0.1, -0.05) is 12.1 Å². The Bertz CT molecular complexity index is 1040. The molecule has 0 fully saturated rings. The lowest BCUT2D eigenvalue weighted by molar-refractivity contribution is -0.475. The summed E-state index contributed by atoms with van der Waals surface area (Å²) in [5.41, 5.74) is 0.776. The van der Waals surface area contributed by atoms with Crippen molar-refractivity contribution in [1.82, 2.24) is 9.55 Å². The summed E-state index contributed by atoms with van der Waals surface area (Å²) in [6.07, 6.45) is 3.21. The summed E-state index contributed by atoms with van der Waals surface area (Å²) >= 11 is 0. The lowest BCUT2D eigenvalue weighted by atomic mass is 9.99. The Morgan fingerprint density at radius 3 is 2.76 bits per heavy atom. The minimum absolute atomic E-state index is 0.0438. The van der Waals surface area contributed by atoms with Crippen LogP contribution in [0.2, 0.25) is 0 Å². The second-order valence-corrected chi connectivity index (χ2v) is 5.54. The monoisotopic (exact) mass is 338 g/mol. The van der Waals surface area contributed by atoms with E-state index in [2.05, 4.69) is 4.98 Å². The summed E-state index contributed by atoms with van der Waals surface area (Å²) < 4.78 is 16.6. The summed E-state index contributed by atoms with van der Waals surface area (Å²) in [5.74, 6) is -0.105. The van der Waals surface area contributed by atoms with Gasteiger partial charge >= 0.3 is 0 Å². The predicted molar refractivity (Wildman–Crippen MR) is 87.2 cm³/mol. The molecular weight excluding hydrogens is 327 g/mol. The number of non-ortho nitro benzene ring substituents is 1. The highest BCUT2D eigenvalue weighted by Gasteiger charge is 2.30. The molecule has 0 saturated carbocycles. The fourth-order valence-corrected chi connectivity index (χ4v) is 2.98. The van der Waals surface area contributed by atoms with Gasteiger partial charge in [-0.3, -0.25) is 14.7 Å². The fraction of sp³-hybridized carbons (Fsp3) is 0.0588. The molecule has 0 spiro atoms. The molecule has 0 atom stereocenters. The van der Waals surface area contributed by atoms with E-state index >= 15 is 0 Å². The average molecular weight is 338 g/mol. The molecule has 1 aliphatic rings. The molecule has 2 aromatic carbocycles. The number of halogens is 1. The maximum atomic E-state index is 14.3. The van der Waals surface area contributed by atoms with Crippen LogP contribution in [0.3, 0.4) is 0 Å². The second kappa shape index (κ2) is 5.52. The van der Waals surface area contributed by atoms with Crippen molar-refractivity contribution in [3.05, 3.63) is 92.9 Å². The number of fused-ring (bicyclic) bond motifs is 3. The lowest BCUT2D eigenvalue weighted by Crippen LogP contribution is -2.19. The highest BCUT2D eigenvalue weighted by molar-refractivity contribution is 6.12. The van der Waals surface area contributed by atoms with E-state index in [1.807, 2.05) is 0 Å². The van der Waals surface area contributed by atoms with Gasteiger partial charge in [0.2, 0.25) is 12.3 Å². The van der Waals surface area contributed by atoms with Crippen molar-refractivity contribution in [2.75, 3.05) is 0 Å². The Morgan fingerprint density at radius 1 is 1.20 bits per heavy atom. The number of rotatable bonds is 2. The minimum atomic E-state index is -0.574. The molecule has 0 unspecified atom stereocenters. The molecule has 0 bridgehead atoms. The number of nitro benzene ring substituents is 1. The van der Waals surface area contributed by atoms with Crippen LogP contribution in [0, 0.1) is 21.1 Å². The van der Waals surface area contributed by atoms with Gasteiger partial charge < -0.3 is 5.21 Å². The third-order valence-corrected chi connectivity index (χ3v) is 4.09. The van der Waals surface area contributed by atoms with Crippen LogP contribution < -0.4 is 0 Å². The van der Waals surface area contributed by atoms with Crippen molar-refractivity contribution in [1.29, 1.82) is 0 Å². The van der Waals surface area contributed by atoms with E-state index in [4.69, 9.17) is 0 Å². The summed E-state index contributed by atoms with van der Waals surface area (Å²) in [6, 6.07) is 10.0. The first-order valence-corrected chi connectivity index (χ1v) is 7.44. The minimum Gasteiger partial charge on any atom is -0.623 e. The molecule has 0 saturated heterocycles. The van der Waals surface area contributed by atoms with Gasteiger partial charge in [0.1, 0.15) is 5.82 Å². The summed E-state index contributed by atoms with van der Waals surface area (Å²) in [7, 11) is 0. The van der Waals surface area contributed by atoms with Gasteiger partial charge in [-0.2, -0.15) is 4.74 Å². The van der Waals surface area contributed by atoms with E-state index in [1.165, 1.54) is 30.3 Å². The number of nitrogens with zero attached hydrogens (tertiary/aromatic N) is 4. The molecule has 1 aliphatic heterocycles. The Hall–Kier alpha value is -3.55. The first-order valence-electron chi connectivity index (χ1n) is 7.44. The van der Waals surface area contributed by atoms with Crippen molar-refractivity contribution >= 4 is 11.4 Å². The number of hydroxylamine groups is 1. The topological polar surface area (TPSA) is 87.0 Å². The van der Waals surface area contributed by atoms with Crippen LogP contribution in [-0.2, 0) is 6.54 Å². The molecule has 0 radical (unpaired) electrons. The van der Waals surface area contributed by atoms with Gasteiger partial charge in [-0.15, -0.1) is 0 Å². The van der Waals surface area contributed by atoms with Crippen LogP contribution in [0.1, 0.15) is 17.0 Å². The van der Waals surface area contributed by atoms with Crippen molar-refractivity contribution in [2.24, 2.45) is 0 Å². The molecule has 0 amide bonds. The number of nitro groups is 1. The average Bonchev–Trinajstić information content (AvgIpc) is 3.00. The molecule has 8 heteroatoms. The van der Waals surface area contributed by atoms with E-state index in [1.54, 1.807) is 29.1 Å². The SMILES string of the molecule is O=[N+]([O-])c1ccc2c(c1)C(c1ccccc1F)=[N+]([O-])Cc1nccn1-2. The van der Waals surface area contributed by atoms with Crippen LogP contribution in [0.15, 0.2) is 54.9 Å². The van der Waals surface area contributed by atoms with Gasteiger partial charge in [0, 0.05) is 24.5 Å². The molecule has 1 aromatic heterocycles. The Labute approximate surface area is 141 Å². The number of aromatic nitrogens is 2. The van der Waals surface area contributed by atoms with E-state index in [0.717, 1.165) is 0 Å². The third-order valence-electron chi connectivity index (χ3n) is 4.09. The standard InChI is InChI=1S/C17H11FN4O3/c18-14-4-2-1-3-12(14)17-13-9-11(22(24)25)5-6-15(13)20-8-7-19-16(20)10-21(17)23/h1-9H,10H2. The Morgan fingerprint density at radius 2 is 2.00 bits per heavy atom. The quantitative estimate of drug-likeness (QED) is 0.311. The zero-order chi connectivity index (χ0) is 17.6. The molecule has 4 rings (SSSR count). The predicted octanol–water partition coefficient (Wildman–Crippen LogP) is 2.78. The number of imidazole rings is 1. The molecule has 124 valence electrons. The van der Waals surface area contributed by atoms with E-state index in [9.17, 15) is 19.7 Å².